The lowest BCUT2D eigenvalue weighted by Gasteiger charge is -2.72. The highest BCUT2D eigenvalue weighted by atomic mass is 35.5. The summed E-state index contributed by atoms with van der Waals surface area (Å²) in [5.74, 6) is 0.966. The first-order chi connectivity index (χ1) is 52.1. The van der Waals surface area contributed by atoms with Crippen LogP contribution in [0.4, 0.5) is 9.59 Å². The third kappa shape index (κ3) is 11.8. The molecule has 0 aromatic carbocycles. The van der Waals surface area contributed by atoms with Crippen molar-refractivity contribution in [3.05, 3.63) is 68.8 Å². The number of rotatable bonds is 16. The Bertz CT molecular complexity index is 4040. The fraction of sp³-hybridized carbons (Fsp3) is 0.778. The Morgan fingerprint density at radius 1 is 0.473 bits per heavy atom. The van der Waals surface area contributed by atoms with Gasteiger partial charge in [-0.1, -0.05) is 120 Å². The van der Waals surface area contributed by atoms with Crippen molar-refractivity contribution >= 4 is 70.8 Å². The van der Waals surface area contributed by atoms with Crippen molar-refractivity contribution in [2.45, 2.75) is 314 Å². The molecule has 0 radical (unpaired) electrons. The molecule has 14 aliphatic rings. The number of halogens is 2. The molecule has 20 nitrogen and oxygen atoms in total. The van der Waals surface area contributed by atoms with E-state index in [1.807, 2.05) is 9.80 Å². The van der Waals surface area contributed by atoms with E-state index in [-0.39, 0.29) is 116 Å². The average molecular weight is 1580 g/mol. The predicted molar refractivity (Wildman–Crippen MR) is 421 cm³/mol. The number of esters is 2. The third-order valence-electron chi connectivity index (χ3n) is 35.1. The quantitative estimate of drug-likeness (QED) is 0.117. The molecule has 2 aliphatic heterocycles. The zero-order chi connectivity index (χ0) is 81.2. The number of carbonyl (C=O) groups is 8. The van der Waals surface area contributed by atoms with Crippen LogP contribution in [0.1, 0.15) is 290 Å². The molecule has 2 saturated heterocycles. The number of allylic oxidation sites excluding steroid dienone is 2. The Morgan fingerprint density at radius 2 is 0.812 bits per heavy atom. The zero-order valence-corrected chi connectivity index (χ0v) is 71.4. The van der Waals surface area contributed by atoms with Gasteiger partial charge in [-0.3, -0.25) is 38.6 Å². The number of hydrogen-bond donors (Lipinski definition) is 2. The Balaban J connectivity index is 0.000000177. The van der Waals surface area contributed by atoms with Gasteiger partial charge in [0.1, 0.15) is 35.5 Å². The van der Waals surface area contributed by atoms with Crippen molar-refractivity contribution < 1.29 is 67.5 Å². The van der Waals surface area contributed by atoms with Crippen LogP contribution in [0.25, 0.3) is 0 Å². The first kappa shape index (κ1) is 81.1. The van der Waals surface area contributed by atoms with Gasteiger partial charge in [0, 0.05) is 59.3 Å². The van der Waals surface area contributed by atoms with Gasteiger partial charge in [0.25, 0.3) is 0 Å². The summed E-state index contributed by atoms with van der Waals surface area (Å²) in [6, 6.07) is 0. The van der Waals surface area contributed by atoms with Crippen LogP contribution < -0.4 is 0 Å². The van der Waals surface area contributed by atoms with Crippen molar-refractivity contribution in [2.24, 2.45) is 112 Å². The molecular formula is C90H124Cl2N6O14. The maximum absolute atomic E-state index is 14.3. The van der Waals surface area contributed by atoms with Crippen LogP contribution in [0.3, 0.4) is 0 Å². The predicted octanol–water partition coefficient (Wildman–Crippen LogP) is 18.7. The van der Waals surface area contributed by atoms with Crippen molar-refractivity contribution in [1.82, 2.24) is 29.7 Å². The van der Waals surface area contributed by atoms with Crippen LogP contribution in [-0.4, -0.2) is 125 Å². The minimum absolute atomic E-state index is 0.0154. The summed E-state index contributed by atoms with van der Waals surface area (Å²) < 4.78 is 25.3. The van der Waals surface area contributed by atoms with Crippen LogP contribution >= 0.6 is 23.2 Å². The number of ketones is 2. The number of aromatic nitrogens is 4. The number of nitrogens with zero attached hydrogens (tertiary/aromatic N) is 6. The van der Waals surface area contributed by atoms with E-state index in [0.717, 1.165) is 140 Å². The second-order valence-corrected chi connectivity index (χ2v) is 43.5. The van der Waals surface area contributed by atoms with Gasteiger partial charge in [-0.25, -0.2) is 29.5 Å². The molecule has 0 spiro atoms. The standard InChI is InChI=1S/2C45H62ClN3O7/c2*1-25(2)34-28(50)20-44(32-24-49(38(54)56-32)45(18-19-45)36-47-22-26(46)23-48-36)17-16-42(8)27(35(34)44)10-11-30-41(7)14-13-31(55-33(51)21-39(3,4)37(52)53)40(5,6)29(41)12-15-43(30,42)9/h2*22-23,25,27,29-32H,10-21,24H2,1-9H3,(H,52,53)/t27-,29+,30-,31+,32+,41+,42-,43-,44+;27-,29+,30-,31+,32-,41+,42-,43-,44+/m11/s1. The Hall–Kier alpha value is -6.02. The number of cyclic esters (lactones) is 2. The fourth-order valence-corrected chi connectivity index (χ4v) is 28.8. The summed E-state index contributed by atoms with van der Waals surface area (Å²) >= 11 is 12.3. The maximum atomic E-state index is 14.3. The van der Waals surface area contributed by atoms with Gasteiger partial charge in [0.05, 0.1) is 46.8 Å². The highest BCUT2D eigenvalue weighted by molar-refractivity contribution is 6.30. The van der Waals surface area contributed by atoms with Crippen molar-refractivity contribution in [3.63, 3.8) is 0 Å². The Kier molecular flexibility index (Phi) is 19.4. The molecule has 0 bridgehead atoms. The summed E-state index contributed by atoms with van der Waals surface area (Å²) in [5.41, 5.74) is -0.579. The Morgan fingerprint density at radius 3 is 1.12 bits per heavy atom. The number of aliphatic carboxylic acids is 2. The van der Waals surface area contributed by atoms with E-state index in [1.165, 1.54) is 11.1 Å². The normalized spacial score (nSPS) is 39.7. The lowest BCUT2D eigenvalue weighted by molar-refractivity contribution is -0.234. The van der Waals surface area contributed by atoms with Gasteiger partial charge in [-0.15, -0.1) is 0 Å². The van der Waals surface area contributed by atoms with Crippen LogP contribution in [0.15, 0.2) is 47.1 Å². The summed E-state index contributed by atoms with van der Waals surface area (Å²) in [4.78, 5) is 128. The van der Waals surface area contributed by atoms with E-state index in [2.05, 4.69) is 117 Å². The average Bonchev–Trinajstić information content (AvgIpc) is 1.21. The molecule has 2 amide bonds. The molecule has 18 atom stereocenters. The lowest BCUT2D eigenvalue weighted by atomic mass is 9.33. The number of fused-ring (bicyclic) bond motifs is 14. The van der Waals surface area contributed by atoms with E-state index in [4.69, 9.17) is 42.1 Å². The van der Waals surface area contributed by atoms with E-state index in [0.29, 0.717) is 71.3 Å². The highest BCUT2D eigenvalue weighted by Crippen LogP contribution is 2.80. The molecule has 4 heterocycles. The zero-order valence-electron chi connectivity index (χ0n) is 69.9. The van der Waals surface area contributed by atoms with E-state index in [1.54, 1.807) is 52.5 Å². The summed E-state index contributed by atoms with van der Waals surface area (Å²) in [6.45, 7) is 40.0. The van der Waals surface area contributed by atoms with Crippen molar-refractivity contribution in [3.8, 4) is 0 Å². The minimum atomic E-state index is -1.18. The molecule has 112 heavy (non-hydrogen) atoms. The van der Waals surface area contributed by atoms with Gasteiger partial charge >= 0.3 is 36.1 Å². The van der Waals surface area contributed by atoms with Crippen molar-refractivity contribution in [1.29, 1.82) is 0 Å². The van der Waals surface area contributed by atoms with Gasteiger partial charge in [-0.2, -0.15) is 0 Å². The van der Waals surface area contributed by atoms with E-state index in [9.17, 15) is 48.6 Å². The summed E-state index contributed by atoms with van der Waals surface area (Å²) in [7, 11) is 0. The molecule has 612 valence electrons. The Labute approximate surface area is 672 Å². The number of ether oxygens (including phenoxy) is 4. The molecular weight excluding hydrogens is 1460 g/mol. The van der Waals surface area contributed by atoms with Crippen LogP contribution in [0.5, 0.6) is 0 Å². The van der Waals surface area contributed by atoms with Crippen LogP contribution in [0, 0.1) is 112 Å². The molecule has 12 fully saturated rings. The van der Waals surface area contributed by atoms with Crippen LogP contribution in [0.2, 0.25) is 10.0 Å². The SMILES string of the molecule is CC(C)C1=C2[C@H]3CC[C@@H]4[C@@]5(C)CC[C@H](OC(=O)CC(C)(C)C(=O)O)C(C)(C)[C@@H]5CC[C@@]4(C)[C@]3(C)CC[C@@]2([C@@H]2CN(C3(c4ncc(Cl)cn4)CC3)C(=O)O2)CC1=O.CC(C)C1=C2[C@H]3CC[C@@H]4[C@@]5(C)CC[C@H](OC(=O)CC(C)(C)C(=O)O)C(C)(C)[C@@H]5CC[C@@]4(C)[C@]3(C)CC[C@@]2([C@H]2CN(C3(c4ncc(Cl)cn4)CC3)C(=O)O2)CC1=O. The molecule has 16 rings (SSSR count). The number of carbonyl (C=O) groups excluding carboxylic acids is 6. The molecule has 22 heteroatoms. The largest absolute Gasteiger partial charge is 0.481 e. The second kappa shape index (κ2) is 26.8. The first-order valence-corrected chi connectivity index (χ1v) is 43.2. The molecule has 0 unspecified atom stereocenters. The van der Waals surface area contributed by atoms with E-state index >= 15 is 0 Å². The number of hydrogen-bond acceptors (Lipinski definition) is 16. The monoisotopic (exact) mass is 1580 g/mol. The molecule has 10 saturated carbocycles. The summed E-state index contributed by atoms with van der Waals surface area (Å²) in [6.07, 6.45) is 23.2. The van der Waals surface area contributed by atoms with Gasteiger partial charge in [-0.05, 0) is 258 Å². The van der Waals surface area contributed by atoms with Crippen LogP contribution in [-0.2, 0) is 58.8 Å². The molecule has 2 aromatic heterocycles. The number of Topliss-reactive ketones (excluding diaryl/α,β-unsaturated/α-hetero) is 2. The van der Waals surface area contributed by atoms with Gasteiger partial charge in [0.2, 0.25) is 0 Å². The molecule has 2 aromatic rings. The minimum Gasteiger partial charge on any atom is -0.481 e. The number of amides is 2. The third-order valence-corrected chi connectivity index (χ3v) is 35.5. The van der Waals surface area contributed by atoms with Gasteiger partial charge < -0.3 is 29.2 Å². The smallest absolute Gasteiger partial charge is 0.411 e. The summed E-state index contributed by atoms with van der Waals surface area (Å²) in [5, 5.41) is 20.2. The van der Waals surface area contributed by atoms with Crippen molar-refractivity contribution in [2.75, 3.05) is 13.1 Å². The fourth-order valence-electron chi connectivity index (χ4n) is 28.6. The molecule has 2 N–H and O–H groups in total. The molecule has 12 aliphatic carbocycles. The van der Waals surface area contributed by atoms with Gasteiger partial charge in [0.15, 0.2) is 23.2 Å². The highest BCUT2D eigenvalue weighted by Gasteiger charge is 2.76. The van der Waals surface area contributed by atoms with E-state index < -0.39 is 68.8 Å². The second-order valence-electron chi connectivity index (χ2n) is 42.6. The lowest BCUT2D eigenvalue weighted by Crippen LogP contribution is -2.66. The topological polar surface area (TPSA) is 272 Å². The maximum Gasteiger partial charge on any atom is 0.411 e. The first-order valence-electron chi connectivity index (χ1n) is 42.5. The number of carboxylic acid groups (broad SMARTS) is 2. The number of carboxylic acids is 2.